The molecule has 5 heteroatoms. The molecule has 1 atom stereocenters. The standard InChI is InChI=1S/C26H29NO4/c1-14-10-18-17(8-9-20(28-4)26(18)21(11-14)29-5)25-19-12-15(2)27-16(3)24(19)22(30-6)13-23(25)31-7/h8-11,13,15H,12H2,1-7H3/t15-/m1/s1. The Balaban J connectivity index is 2.16. The molecule has 0 bridgehead atoms. The molecule has 1 aliphatic rings. The van der Waals surface area contributed by atoms with Crippen LogP contribution >= 0.6 is 0 Å². The normalized spacial score (nSPS) is 15.3. The van der Waals surface area contributed by atoms with Crippen molar-refractivity contribution in [3.8, 4) is 34.1 Å². The molecule has 162 valence electrons. The Morgan fingerprint density at radius 3 is 2.06 bits per heavy atom. The summed E-state index contributed by atoms with van der Waals surface area (Å²) in [5.74, 6) is 3.14. The summed E-state index contributed by atoms with van der Waals surface area (Å²) in [6, 6.07) is 10.5. The zero-order chi connectivity index (χ0) is 22.3. The highest BCUT2D eigenvalue weighted by Crippen LogP contribution is 2.48. The lowest BCUT2D eigenvalue weighted by Crippen LogP contribution is -2.19. The summed E-state index contributed by atoms with van der Waals surface area (Å²) in [4.78, 5) is 4.81. The van der Waals surface area contributed by atoms with Gasteiger partial charge in [0.1, 0.15) is 23.0 Å². The van der Waals surface area contributed by atoms with Crippen molar-refractivity contribution in [3.05, 3.63) is 47.0 Å². The Bertz CT molecular complexity index is 1200. The summed E-state index contributed by atoms with van der Waals surface area (Å²) in [5.41, 5.74) is 6.51. The maximum atomic E-state index is 5.89. The summed E-state index contributed by atoms with van der Waals surface area (Å²) >= 11 is 0. The number of fused-ring (bicyclic) bond motifs is 2. The third kappa shape index (κ3) is 3.38. The summed E-state index contributed by atoms with van der Waals surface area (Å²) in [6.45, 7) is 6.26. The molecule has 0 aliphatic carbocycles. The van der Waals surface area contributed by atoms with Crippen LogP contribution in [0.4, 0.5) is 0 Å². The van der Waals surface area contributed by atoms with Crippen molar-refractivity contribution in [2.75, 3.05) is 28.4 Å². The van der Waals surface area contributed by atoms with E-state index in [-0.39, 0.29) is 6.04 Å². The minimum Gasteiger partial charge on any atom is -0.496 e. The molecule has 3 aromatic carbocycles. The molecule has 0 saturated carbocycles. The van der Waals surface area contributed by atoms with Crippen molar-refractivity contribution in [2.45, 2.75) is 33.2 Å². The third-order valence-electron chi connectivity index (χ3n) is 5.97. The van der Waals surface area contributed by atoms with Crippen LogP contribution in [0.1, 0.15) is 30.5 Å². The lowest BCUT2D eigenvalue weighted by molar-refractivity contribution is 0.393. The van der Waals surface area contributed by atoms with Crippen LogP contribution in [-0.2, 0) is 6.42 Å². The molecular weight excluding hydrogens is 390 g/mol. The number of hydrogen-bond acceptors (Lipinski definition) is 5. The maximum absolute atomic E-state index is 5.89. The van der Waals surface area contributed by atoms with E-state index in [2.05, 4.69) is 26.0 Å². The zero-order valence-electron chi connectivity index (χ0n) is 19.3. The number of methoxy groups -OCH3 is 4. The van der Waals surface area contributed by atoms with Gasteiger partial charge in [-0.2, -0.15) is 0 Å². The van der Waals surface area contributed by atoms with Crippen LogP contribution in [0.2, 0.25) is 0 Å². The molecule has 0 radical (unpaired) electrons. The van der Waals surface area contributed by atoms with Crippen LogP contribution in [-0.4, -0.2) is 40.2 Å². The average molecular weight is 420 g/mol. The van der Waals surface area contributed by atoms with Crippen molar-refractivity contribution in [2.24, 2.45) is 4.99 Å². The molecule has 5 nitrogen and oxygen atoms in total. The van der Waals surface area contributed by atoms with Crippen molar-refractivity contribution >= 4 is 16.5 Å². The smallest absolute Gasteiger partial charge is 0.131 e. The van der Waals surface area contributed by atoms with Gasteiger partial charge in [-0.05, 0) is 67.5 Å². The van der Waals surface area contributed by atoms with Crippen LogP contribution in [0, 0.1) is 6.92 Å². The summed E-state index contributed by atoms with van der Waals surface area (Å²) < 4.78 is 23.0. The van der Waals surface area contributed by atoms with E-state index in [0.717, 1.165) is 68.2 Å². The molecule has 0 fully saturated rings. The number of nitrogens with zero attached hydrogens (tertiary/aromatic N) is 1. The predicted octanol–water partition coefficient (Wildman–Crippen LogP) is 5.60. The van der Waals surface area contributed by atoms with Crippen molar-refractivity contribution < 1.29 is 18.9 Å². The van der Waals surface area contributed by atoms with Crippen LogP contribution in [0.25, 0.3) is 21.9 Å². The van der Waals surface area contributed by atoms with E-state index >= 15 is 0 Å². The fraction of sp³-hybridized carbons (Fsp3) is 0.346. The molecular formula is C26H29NO4. The van der Waals surface area contributed by atoms with Gasteiger partial charge in [0.25, 0.3) is 0 Å². The van der Waals surface area contributed by atoms with E-state index < -0.39 is 0 Å². The van der Waals surface area contributed by atoms with Crippen LogP contribution in [0.5, 0.6) is 23.0 Å². The fourth-order valence-corrected chi connectivity index (χ4v) is 4.74. The molecule has 1 aliphatic heterocycles. The molecule has 1 heterocycles. The van der Waals surface area contributed by atoms with Gasteiger partial charge in [-0.15, -0.1) is 0 Å². The minimum absolute atomic E-state index is 0.184. The monoisotopic (exact) mass is 419 g/mol. The van der Waals surface area contributed by atoms with Gasteiger partial charge in [-0.3, -0.25) is 4.99 Å². The Morgan fingerprint density at radius 1 is 0.774 bits per heavy atom. The number of ether oxygens (including phenoxy) is 4. The number of aliphatic imine (C=N–C) groups is 1. The molecule has 0 aromatic heterocycles. The zero-order valence-corrected chi connectivity index (χ0v) is 19.3. The minimum atomic E-state index is 0.184. The van der Waals surface area contributed by atoms with E-state index in [4.69, 9.17) is 23.9 Å². The molecule has 0 unspecified atom stereocenters. The maximum Gasteiger partial charge on any atom is 0.131 e. The molecule has 3 aromatic rings. The largest absolute Gasteiger partial charge is 0.496 e. The van der Waals surface area contributed by atoms with Gasteiger partial charge < -0.3 is 18.9 Å². The van der Waals surface area contributed by atoms with Gasteiger partial charge >= 0.3 is 0 Å². The Morgan fingerprint density at radius 2 is 1.42 bits per heavy atom. The number of hydrogen-bond donors (Lipinski definition) is 0. The molecule has 0 N–H and O–H groups in total. The highest BCUT2D eigenvalue weighted by Gasteiger charge is 2.28. The summed E-state index contributed by atoms with van der Waals surface area (Å²) in [6.07, 6.45) is 0.812. The van der Waals surface area contributed by atoms with E-state index in [1.807, 2.05) is 25.1 Å². The molecule has 31 heavy (non-hydrogen) atoms. The Labute approximate surface area is 183 Å². The number of aryl methyl sites for hydroxylation is 1. The Kier molecular flexibility index (Phi) is 5.52. The quantitative estimate of drug-likeness (QED) is 0.540. The van der Waals surface area contributed by atoms with Crippen molar-refractivity contribution in [1.82, 2.24) is 0 Å². The van der Waals surface area contributed by atoms with Crippen LogP contribution in [0.15, 0.2) is 35.3 Å². The van der Waals surface area contributed by atoms with Gasteiger partial charge in [0.05, 0.1) is 39.9 Å². The molecule has 0 saturated heterocycles. The molecule has 4 rings (SSSR count). The van der Waals surface area contributed by atoms with Gasteiger partial charge in [0.15, 0.2) is 0 Å². The first-order valence-corrected chi connectivity index (χ1v) is 10.4. The van der Waals surface area contributed by atoms with Gasteiger partial charge in [-0.25, -0.2) is 0 Å². The first-order valence-electron chi connectivity index (χ1n) is 10.4. The highest BCUT2D eigenvalue weighted by atomic mass is 16.5. The predicted molar refractivity (Wildman–Crippen MR) is 126 cm³/mol. The van der Waals surface area contributed by atoms with E-state index in [1.54, 1.807) is 28.4 Å². The van der Waals surface area contributed by atoms with Crippen LogP contribution < -0.4 is 18.9 Å². The average Bonchev–Trinajstić information content (AvgIpc) is 2.76. The SMILES string of the molecule is COc1cc(OC)c(-c2ccc(OC)c3c(OC)cc(C)cc23)c2c1C(C)=N[C@H](C)C2. The van der Waals surface area contributed by atoms with Crippen molar-refractivity contribution in [1.29, 1.82) is 0 Å². The van der Waals surface area contributed by atoms with E-state index in [1.165, 1.54) is 5.56 Å². The van der Waals surface area contributed by atoms with E-state index in [0.29, 0.717) is 0 Å². The Hall–Kier alpha value is -3.21. The first kappa shape index (κ1) is 21.0. The fourth-order valence-electron chi connectivity index (χ4n) is 4.74. The third-order valence-corrected chi connectivity index (χ3v) is 5.97. The number of benzene rings is 3. The van der Waals surface area contributed by atoms with Gasteiger partial charge in [0.2, 0.25) is 0 Å². The van der Waals surface area contributed by atoms with E-state index in [9.17, 15) is 0 Å². The second kappa shape index (κ2) is 8.14. The summed E-state index contributed by atoms with van der Waals surface area (Å²) in [7, 11) is 6.77. The van der Waals surface area contributed by atoms with Crippen molar-refractivity contribution in [3.63, 3.8) is 0 Å². The second-order valence-electron chi connectivity index (χ2n) is 7.98. The summed E-state index contributed by atoms with van der Waals surface area (Å²) in [5, 5.41) is 2.02. The second-order valence-corrected chi connectivity index (χ2v) is 7.98. The van der Waals surface area contributed by atoms with Crippen LogP contribution in [0.3, 0.4) is 0 Å². The highest BCUT2D eigenvalue weighted by molar-refractivity contribution is 6.09. The lowest BCUT2D eigenvalue weighted by Gasteiger charge is -2.27. The van der Waals surface area contributed by atoms with Gasteiger partial charge in [0, 0.05) is 22.9 Å². The van der Waals surface area contributed by atoms with Gasteiger partial charge in [-0.1, -0.05) is 6.07 Å². The lowest BCUT2D eigenvalue weighted by atomic mass is 9.84. The molecule has 0 amide bonds. The molecule has 0 spiro atoms. The first-order chi connectivity index (χ1) is 14.9. The number of rotatable bonds is 5. The topological polar surface area (TPSA) is 49.3 Å².